The second kappa shape index (κ2) is 26.5. The first-order valence-electron chi connectivity index (χ1n) is 22.4. The molecular weight excluding hydrogens is 857 g/mol. The smallest absolute Gasteiger partial charge is 0.243 e. The van der Waals surface area contributed by atoms with Gasteiger partial charge in [0.05, 0.1) is 6.04 Å². The minimum atomic E-state index is -1.25. The van der Waals surface area contributed by atoms with Crippen LogP contribution in [-0.2, 0) is 48.0 Å². The molecule has 0 aliphatic heterocycles. The number of guanidine groups is 2. The van der Waals surface area contributed by atoms with Gasteiger partial charge in [-0.05, 0) is 54.4 Å². The Morgan fingerprint density at radius 1 is 0.567 bits per heavy atom. The molecule has 0 aliphatic rings. The lowest BCUT2D eigenvalue weighted by molar-refractivity contribution is -0.135. The summed E-state index contributed by atoms with van der Waals surface area (Å²) in [6, 6.07) is 18.5. The van der Waals surface area contributed by atoms with E-state index in [2.05, 4.69) is 41.6 Å². The molecule has 0 unspecified atom stereocenters. The summed E-state index contributed by atoms with van der Waals surface area (Å²) in [5.74, 6) is -4.77. The van der Waals surface area contributed by atoms with Crippen LogP contribution in [0.25, 0.3) is 10.9 Å². The number of benzene rings is 3. The van der Waals surface area contributed by atoms with Crippen molar-refractivity contribution in [3.05, 3.63) is 108 Å². The number of aliphatic imine (C=N–C) groups is 2. The third-order valence-electron chi connectivity index (χ3n) is 11.3. The van der Waals surface area contributed by atoms with Crippen molar-refractivity contribution in [2.75, 3.05) is 13.1 Å². The zero-order valence-corrected chi connectivity index (χ0v) is 38.1. The average molecular weight is 923 g/mol. The van der Waals surface area contributed by atoms with Crippen LogP contribution in [0.4, 0.5) is 0 Å². The van der Waals surface area contributed by atoms with Crippen molar-refractivity contribution < 1.29 is 28.8 Å². The van der Waals surface area contributed by atoms with Crippen molar-refractivity contribution in [2.45, 2.75) is 101 Å². The number of amides is 6. The second-order valence-electron chi connectivity index (χ2n) is 16.5. The number of primary amides is 1. The molecule has 0 aliphatic carbocycles. The maximum absolute atomic E-state index is 14.6. The maximum Gasteiger partial charge on any atom is 0.243 e. The molecule has 20 heteroatoms. The summed E-state index contributed by atoms with van der Waals surface area (Å²) >= 11 is 0. The monoisotopic (exact) mass is 923 g/mol. The number of nitrogens with two attached hydrogens (primary N) is 6. The van der Waals surface area contributed by atoms with Gasteiger partial charge in [-0.25, -0.2) is 0 Å². The topological polar surface area (TPSA) is 359 Å². The van der Waals surface area contributed by atoms with E-state index in [1.165, 1.54) is 0 Å². The Morgan fingerprint density at radius 3 is 1.57 bits per heavy atom. The Hall–Kier alpha value is -7.48. The van der Waals surface area contributed by atoms with Gasteiger partial charge in [-0.2, -0.15) is 0 Å². The van der Waals surface area contributed by atoms with Gasteiger partial charge in [0, 0.05) is 49.5 Å². The van der Waals surface area contributed by atoms with Gasteiger partial charge in [-0.15, -0.1) is 0 Å². The van der Waals surface area contributed by atoms with Crippen molar-refractivity contribution in [1.29, 1.82) is 0 Å². The number of H-pyrrole nitrogens is 1. The number of hydrogen-bond donors (Lipinski definition) is 12. The minimum Gasteiger partial charge on any atom is -0.370 e. The number of aromatic amines is 1. The third kappa shape index (κ3) is 17.1. The Bertz CT molecular complexity index is 2310. The van der Waals surface area contributed by atoms with E-state index in [1.54, 1.807) is 61.7 Å². The number of nitrogens with one attached hydrogen (secondary N) is 6. The molecule has 20 nitrogen and oxygen atoms in total. The molecule has 0 saturated heterocycles. The van der Waals surface area contributed by atoms with Crippen molar-refractivity contribution in [1.82, 2.24) is 31.6 Å². The molecule has 0 bridgehead atoms. The second-order valence-corrected chi connectivity index (χ2v) is 16.5. The highest BCUT2D eigenvalue weighted by atomic mass is 16.2. The van der Waals surface area contributed by atoms with Crippen LogP contribution in [0.3, 0.4) is 0 Å². The van der Waals surface area contributed by atoms with Gasteiger partial charge in [0.15, 0.2) is 11.9 Å². The average Bonchev–Trinajstić information content (AvgIpc) is 3.72. The number of aromatic nitrogens is 1. The maximum atomic E-state index is 14.6. The summed E-state index contributed by atoms with van der Waals surface area (Å²) in [5.41, 5.74) is 36.6. The van der Waals surface area contributed by atoms with Gasteiger partial charge in [0.2, 0.25) is 35.4 Å². The first kappa shape index (κ1) is 52.1. The van der Waals surface area contributed by atoms with Crippen LogP contribution in [0.2, 0.25) is 0 Å². The van der Waals surface area contributed by atoms with Crippen LogP contribution >= 0.6 is 0 Å². The highest BCUT2D eigenvalue weighted by Gasteiger charge is 2.35. The summed E-state index contributed by atoms with van der Waals surface area (Å²) in [6.07, 6.45) is 3.37. The largest absolute Gasteiger partial charge is 0.370 e. The van der Waals surface area contributed by atoms with E-state index in [-0.39, 0.29) is 57.1 Å². The molecular formula is C47H66N14O6. The fourth-order valence-corrected chi connectivity index (χ4v) is 7.33. The van der Waals surface area contributed by atoms with Gasteiger partial charge in [0.1, 0.15) is 30.2 Å². The van der Waals surface area contributed by atoms with Crippen molar-refractivity contribution in [3.63, 3.8) is 0 Å². The predicted octanol–water partition coefficient (Wildman–Crippen LogP) is -0.414. The van der Waals surface area contributed by atoms with Crippen molar-refractivity contribution in [2.24, 2.45) is 50.3 Å². The molecule has 0 radical (unpaired) electrons. The quantitative estimate of drug-likeness (QED) is 0.0207. The predicted molar refractivity (Wildman–Crippen MR) is 258 cm³/mol. The summed E-state index contributed by atoms with van der Waals surface area (Å²) in [4.78, 5) is 94.4. The molecule has 18 N–H and O–H groups in total. The minimum absolute atomic E-state index is 0.0159. The van der Waals surface area contributed by atoms with Crippen LogP contribution in [-0.4, -0.2) is 102 Å². The Kier molecular flexibility index (Phi) is 20.6. The van der Waals surface area contributed by atoms with E-state index >= 15 is 0 Å². The molecule has 1 heterocycles. The molecule has 4 rings (SSSR count). The van der Waals surface area contributed by atoms with Gasteiger partial charge in [0.25, 0.3) is 0 Å². The lowest BCUT2D eigenvalue weighted by Crippen LogP contribution is -2.61. The summed E-state index contributed by atoms with van der Waals surface area (Å²) in [7, 11) is 0. The Morgan fingerprint density at radius 2 is 1.03 bits per heavy atom. The van der Waals surface area contributed by atoms with Gasteiger partial charge in [-0.1, -0.05) is 99.1 Å². The SMILES string of the molecule is CC[C@@H](C)[C@@H](NC(=O)[C@@H](Cc1ccccc1)NC(=O)[C@H](Cc1c[nH]c2ccccc12)NC(=O)[C@@H](N)CCCN=C(N)N)C(=O)N[C@H](Cc1ccccc1)C(=O)N[C@H](CCCN=C(N)N)C(N)=O. The van der Waals surface area contributed by atoms with E-state index in [0.717, 1.165) is 16.5 Å². The molecule has 360 valence electrons. The molecule has 3 aromatic carbocycles. The van der Waals surface area contributed by atoms with Crippen LogP contribution < -0.4 is 61.0 Å². The van der Waals surface area contributed by atoms with Crippen molar-refractivity contribution in [3.8, 4) is 0 Å². The first-order valence-corrected chi connectivity index (χ1v) is 22.4. The lowest BCUT2D eigenvalue weighted by Gasteiger charge is -2.29. The summed E-state index contributed by atoms with van der Waals surface area (Å²) < 4.78 is 0. The van der Waals surface area contributed by atoms with E-state index < -0.39 is 77.6 Å². The number of fused-ring (bicyclic) bond motifs is 1. The summed E-state index contributed by atoms with van der Waals surface area (Å²) in [5, 5.41) is 14.8. The fraction of sp³-hybridized carbons (Fsp3) is 0.404. The van der Waals surface area contributed by atoms with Gasteiger partial charge < -0.3 is 66.0 Å². The molecule has 6 amide bonds. The van der Waals surface area contributed by atoms with E-state index in [4.69, 9.17) is 34.4 Å². The first-order chi connectivity index (χ1) is 32.1. The van der Waals surface area contributed by atoms with Crippen molar-refractivity contribution >= 4 is 58.3 Å². The van der Waals surface area contributed by atoms with Crippen LogP contribution in [0.1, 0.15) is 62.6 Å². The lowest BCUT2D eigenvalue weighted by atomic mass is 9.96. The number of hydrogen-bond acceptors (Lipinski definition) is 9. The van der Waals surface area contributed by atoms with E-state index in [1.807, 2.05) is 43.3 Å². The molecule has 7 atom stereocenters. The fourth-order valence-electron chi connectivity index (χ4n) is 7.33. The van der Waals surface area contributed by atoms with Crippen LogP contribution in [0.5, 0.6) is 0 Å². The zero-order valence-electron chi connectivity index (χ0n) is 38.1. The Labute approximate surface area is 390 Å². The highest BCUT2D eigenvalue weighted by Crippen LogP contribution is 2.20. The van der Waals surface area contributed by atoms with Crippen LogP contribution in [0, 0.1) is 5.92 Å². The molecule has 1 aromatic heterocycles. The van der Waals surface area contributed by atoms with E-state index in [9.17, 15) is 28.8 Å². The molecule has 67 heavy (non-hydrogen) atoms. The number of nitrogens with zero attached hydrogens (tertiary/aromatic N) is 2. The van der Waals surface area contributed by atoms with Crippen LogP contribution in [0.15, 0.2) is 101 Å². The highest BCUT2D eigenvalue weighted by molar-refractivity contribution is 5.97. The number of carbonyl (C=O) groups is 6. The Balaban J connectivity index is 1.61. The van der Waals surface area contributed by atoms with Gasteiger partial charge in [-0.3, -0.25) is 38.8 Å². The number of rotatable bonds is 27. The number of carbonyl (C=O) groups excluding carboxylic acids is 6. The normalized spacial score (nSPS) is 14.1. The zero-order chi connectivity index (χ0) is 48.9. The van der Waals surface area contributed by atoms with Gasteiger partial charge >= 0.3 is 0 Å². The third-order valence-corrected chi connectivity index (χ3v) is 11.3. The number of para-hydroxylation sites is 1. The molecule has 0 spiro atoms. The van der Waals surface area contributed by atoms with E-state index in [0.29, 0.717) is 30.4 Å². The molecule has 0 saturated carbocycles. The molecule has 0 fully saturated rings. The standard InChI is InChI=1S/C47H66N14O6/c1-3-28(2)39(45(67)60-36(24-29-14-6-4-7-15-29)42(64)57-35(40(49)62)21-13-23-55-47(52)53)61-44(66)37(25-30-16-8-5-9-17-30)59-43(65)38(26-31-27-56-34-20-11-10-18-32(31)34)58-41(63)33(48)19-12-22-54-46(50)51/h4-11,14-18,20,27-28,33,35-39,56H,3,12-13,19,21-26,48H2,1-2H3,(H2,49,62)(H,57,64)(H,58,63)(H,59,65)(H,60,67)(H,61,66)(H4,50,51,54)(H4,52,53,55)/t28-,33+,35-,36-,37-,38+,39-/m1/s1. The summed E-state index contributed by atoms with van der Waals surface area (Å²) in [6.45, 7) is 4.07. The molecule has 4 aromatic rings.